The lowest BCUT2D eigenvalue weighted by Crippen LogP contribution is -2.48. The lowest BCUT2D eigenvalue weighted by Gasteiger charge is -2.34. The molecule has 196 valence electrons. The lowest BCUT2D eigenvalue weighted by atomic mass is 10.2. The third-order valence-corrected chi connectivity index (χ3v) is 6.91. The van der Waals surface area contributed by atoms with E-state index in [1.807, 2.05) is 0 Å². The van der Waals surface area contributed by atoms with Gasteiger partial charge >= 0.3 is 0 Å². The number of alkyl halides is 4. The number of aryl methyl sites for hydroxylation is 1. The first kappa shape index (κ1) is 23.9. The van der Waals surface area contributed by atoms with Crippen LogP contribution in [0.4, 0.5) is 29.3 Å². The van der Waals surface area contributed by atoms with E-state index in [4.69, 9.17) is 4.74 Å². The Morgan fingerprint density at radius 3 is 2.68 bits per heavy atom. The SMILES string of the molecule is CNc1nc(N[C@H]2CN(C3COC3)CC2(F)F)nn2ccc(-c3ccc4nc(C)n(CC(F)F)c4n3)c12. The summed E-state index contributed by atoms with van der Waals surface area (Å²) in [6.07, 6.45) is -0.870. The molecule has 0 saturated carbocycles. The van der Waals surface area contributed by atoms with Crippen LogP contribution in [0.15, 0.2) is 24.4 Å². The molecular weight excluding hydrogens is 494 g/mol. The van der Waals surface area contributed by atoms with E-state index in [0.717, 1.165) is 0 Å². The van der Waals surface area contributed by atoms with Gasteiger partial charge in [-0.25, -0.2) is 32.0 Å². The molecule has 0 bridgehead atoms. The topological polar surface area (TPSA) is 97.4 Å². The summed E-state index contributed by atoms with van der Waals surface area (Å²) in [5, 5.41) is 10.2. The molecule has 2 fully saturated rings. The van der Waals surface area contributed by atoms with Crippen LogP contribution < -0.4 is 10.6 Å². The van der Waals surface area contributed by atoms with Crippen LogP contribution in [0.2, 0.25) is 0 Å². The van der Waals surface area contributed by atoms with Crippen molar-refractivity contribution < 1.29 is 22.3 Å². The fourth-order valence-electron chi connectivity index (χ4n) is 4.92. The van der Waals surface area contributed by atoms with E-state index in [-0.39, 0.29) is 25.1 Å². The van der Waals surface area contributed by atoms with Crippen molar-refractivity contribution in [1.82, 2.24) is 34.0 Å². The van der Waals surface area contributed by atoms with Crippen LogP contribution in [0.5, 0.6) is 0 Å². The molecule has 0 aromatic carbocycles. The molecule has 0 amide bonds. The summed E-state index contributed by atoms with van der Waals surface area (Å²) in [4.78, 5) is 15.1. The average molecular weight is 520 g/mol. The van der Waals surface area contributed by atoms with Crippen LogP contribution in [-0.2, 0) is 11.3 Å². The van der Waals surface area contributed by atoms with E-state index in [1.54, 1.807) is 43.3 Å². The number of fused-ring (bicyclic) bond motifs is 2. The van der Waals surface area contributed by atoms with E-state index in [1.165, 1.54) is 9.08 Å². The molecule has 6 rings (SSSR count). The van der Waals surface area contributed by atoms with Gasteiger partial charge in [0, 0.05) is 25.4 Å². The quantitative estimate of drug-likeness (QED) is 0.360. The number of nitrogens with one attached hydrogen (secondary N) is 2. The Bertz CT molecular complexity index is 1470. The first-order valence-corrected chi connectivity index (χ1v) is 11.9. The van der Waals surface area contributed by atoms with Gasteiger partial charge in [-0.15, -0.1) is 5.10 Å². The molecule has 0 aliphatic carbocycles. The Kier molecular flexibility index (Phi) is 5.67. The number of pyridine rings is 1. The molecule has 2 saturated heterocycles. The van der Waals surface area contributed by atoms with Crippen molar-refractivity contribution in [3.63, 3.8) is 0 Å². The minimum absolute atomic E-state index is 0.00609. The number of aromatic nitrogens is 6. The van der Waals surface area contributed by atoms with Gasteiger partial charge in [0.2, 0.25) is 5.95 Å². The first-order chi connectivity index (χ1) is 17.7. The van der Waals surface area contributed by atoms with Crippen LogP contribution in [0.3, 0.4) is 0 Å². The maximum Gasteiger partial charge on any atom is 0.281 e. The Hall–Kier alpha value is -3.52. The molecule has 10 nitrogen and oxygen atoms in total. The summed E-state index contributed by atoms with van der Waals surface area (Å²) in [6, 6.07) is 4.11. The predicted molar refractivity (Wildman–Crippen MR) is 128 cm³/mol. The van der Waals surface area contributed by atoms with Gasteiger partial charge in [-0.2, -0.15) is 4.98 Å². The zero-order chi connectivity index (χ0) is 25.9. The van der Waals surface area contributed by atoms with Crippen molar-refractivity contribution in [2.45, 2.75) is 37.9 Å². The van der Waals surface area contributed by atoms with Gasteiger partial charge in [-0.3, -0.25) is 4.90 Å². The van der Waals surface area contributed by atoms with Gasteiger partial charge in [0.15, 0.2) is 11.5 Å². The highest BCUT2D eigenvalue weighted by atomic mass is 19.3. The highest BCUT2D eigenvalue weighted by molar-refractivity contribution is 5.89. The lowest BCUT2D eigenvalue weighted by molar-refractivity contribution is -0.0711. The number of halogens is 4. The smallest absolute Gasteiger partial charge is 0.281 e. The monoisotopic (exact) mass is 519 g/mol. The average Bonchev–Trinajstić information content (AvgIpc) is 3.45. The van der Waals surface area contributed by atoms with Crippen molar-refractivity contribution >= 4 is 28.4 Å². The van der Waals surface area contributed by atoms with Crippen molar-refractivity contribution in [3.8, 4) is 11.3 Å². The summed E-state index contributed by atoms with van der Waals surface area (Å²) >= 11 is 0. The van der Waals surface area contributed by atoms with Gasteiger partial charge < -0.3 is 19.9 Å². The fraction of sp³-hybridized carbons (Fsp3) is 0.478. The molecule has 0 spiro atoms. The minimum atomic E-state index is -2.95. The number of nitrogens with zero attached hydrogens (tertiary/aromatic N) is 7. The van der Waals surface area contributed by atoms with Crippen molar-refractivity contribution in [2.24, 2.45) is 0 Å². The summed E-state index contributed by atoms with van der Waals surface area (Å²) in [6.45, 7) is 1.89. The molecule has 0 radical (unpaired) electrons. The molecule has 14 heteroatoms. The van der Waals surface area contributed by atoms with Gasteiger partial charge in [0.1, 0.15) is 22.9 Å². The van der Waals surface area contributed by atoms with Gasteiger partial charge in [0.25, 0.3) is 12.3 Å². The second-order valence-electron chi connectivity index (χ2n) is 9.34. The van der Waals surface area contributed by atoms with Crippen molar-refractivity contribution in [2.75, 3.05) is 44.0 Å². The standard InChI is InChI=1S/C23H25F4N9O/c1-12-29-16-4-3-15(30-21(16)35(12)8-18(24)25)14-5-6-36-19(14)20(28-2)32-22(33-36)31-17-7-34(11-23(17,26)27)13-9-37-10-13/h3-6,13,17-18H,7-11H2,1-2H3,(H2,28,31,32,33)/t17-/m0/s1. The summed E-state index contributed by atoms with van der Waals surface area (Å²) in [5.41, 5.74) is 2.62. The van der Waals surface area contributed by atoms with E-state index in [9.17, 15) is 17.6 Å². The van der Waals surface area contributed by atoms with Gasteiger partial charge in [-0.1, -0.05) is 0 Å². The molecule has 2 aliphatic rings. The zero-order valence-corrected chi connectivity index (χ0v) is 20.1. The summed E-state index contributed by atoms with van der Waals surface area (Å²) in [7, 11) is 1.67. The van der Waals surface area contributed by atoms with Crippen LogP contribution in [0, 0.1) is 6.92 Å². The maximum absolute atomic E-state index is 14.7. The summed E-state index contributed by atoms with van der Waals surface area (Å²) < 4.78 is 63.8. The van der Waals surface area contributed by atoms with Crippen LogP contribution in [-0.4, -0.2) is 91.8 Å². The maximum atomic E-state index is 14.7. The second kappa shape index (κ2) is 8.80. The molecule has 4 aromatic rings. The molecular formula is C23H25F4N9O. The highest BCUT2D eigenvalue weighted by Gasteiger charge is 2.51. The third-order valence-electron chi connectivity index (χ3n) is 6.91. The third kappa shape index (κ3) is 4.13. The molecule has 4 aromatic heterocycles. The molecule has 2 aliphatic heterocycles. The molecule has 0 unspecified atom stereocenters. The van der Waals surface area contributed by atoms with Crippen LogP contribution >= 0.6 is 0 Å². The minimum Gasteiger partial charge on any atom is -0.378 e. The number of anilines is 2. The second-order valence-corrected chi connectivity index (χ2v) is 9.34. The molecule has 6 heterocycles. The van der Waals surface area contributed by atoms with E-state index >= 15 is 0 Å². The Morgan fingerprint density at radius 2 is 1.97 bits per heavy atom. The van der Waals surface area contributed by atoms with E-state index < -0.39 is 24.9 Å². The van der Waals surface area contributed by atoms with E-state index in [2.05, 4.69) is 30.7 Å². The van der Waals surface area contributed by atoms with Crippen LogP contribution in [0.25, 0.3) is 27.9 Å². The van der Waals surface area contributed by atoms with Crippen LogP contribution in [0.1, 0.15) is 5.82 Å². The normalized spacial score (nSPS) is 20.2. The molecule has 1 atom stereocenters. The Labute approximate surface area is 208 Å². The van der Waals surface area contributed by atoms with Gasteiger partial charge in [0.05, 0.1) is 38.0 Å². The molecule has 2 N–H and O–H groups in total. The highest BCUT2D eigenvalue weighted by Crippen LogP contribution is 2.34. The number of hydrogen-bond donors (Lipinski definition) is 2. The van der Waals surface area contributed by atoms with Crippen molar-refractivity contribution in [1.29, 1.82) is 0 Å². The van der Waals surface area contributed by atoms with E-state index in [0.29, 0.717) is 52.8 Å². The Balaban J connectivity index is 1.34. The number of likely N-dealkylation sites (tertiary alicyclic amines) is 1. The number of imidazole rings is 1. The summed E-state index contributed by atoms with van der Waals surface area (Å²) in [5.74, 6) is -2.04. The first-order valence-electron chi connectivity index (χ1n) is 11.9. The number of ether oxygens (including phenoxy) is 1. The largest absolute Gasteiger partial charge is 0.378 e. The molecule has 37 heavy (non-hydrogen) atoms. The number of hydrogen-bond acceptors (Lipinski definition) is 8. The van der Waals surface area contributed by atoms with Crippen molar-refractivity contribution in [3.05, 3.63) is 30.2 Å². The number of rotatable bonds is 7. The predicted octanol–water partition coefficient (Wildman–Crippen LogP) is 2.89. The Morgan fingerprint density at radius 1 is 1.16 bits per heavy atom. The van der Waals surface area contributed by atoms with Gasteiger partial charge in [-0.05, 0) is 25.1 Å². The fourth-order valence-corrected chi connectivity index (χ4v) is 4.92. The zero-order valence-electron chi connectivity index (χ0n) is 20.1.